The molecule has 0 unspecified atom stereocenters. The van der Waals surface area contributed by atoms with Crippen molar-refractivity contribution in [2.24, 2.45) is 34.0 Å². The highest BCUT2D eigenvalue weighted by Crippen LogP contribution is 2.78. The molecule has 8 atom stereocenters. The Morgan fingerprint density at radius 3 is 2.65 bits per heavy atom. The summed E-state index contributed by atoms with van der Waals surface area (Å²) < 4.78 is 11.2. The molecule has 4 saturated carbocycles. The minimum absolute atomic E-state index is 0.0121. The summed E-state index contributed by atoms with van der Waals surface area (Å²) >= 11 is 0. The number of rotatable bonds is 1. The molecule has 1 spiro atoms. The van der Waals surface area contributed by atoms with Crippen LogP contribution in [0.3, 0.4) is 0 Å². The predicted octanol–water partition coefficient (Wildman–Crippen LogP) is 1.63. The lowest BCUT2D eigenvalue weighted by molar-refractivity contribution is -0.164. The highest BCUT2D eigenvalue weighted by Gasteiger charge is 2.84. The van der Waals surface area contributed by atoms with Crippen LogP contribution in [-0.4, -0.2) is 41.6 Å². The Labute approximate surface area is 152 Å². The van der Waals surface area contributed by atoms with Crippen molar-refractivity contribution >= 4 is 17.7 Å². The van der Waals surface area contributed by atoms with Crippen LogP contribution < -0.4 is 0 Å². The molecule has 4 aliphatic carbocycles. The fourth-order valence-corrected chi connectivity index (χ4v) is 7.90. The van der Waals surface area contributed by atoms with E-state index in [0.29, 0.717) is 25.7 Å². The zero-order valence-corrected chi connectivity index (χ0v) is 15.5. The van der Waals surface area contributed by atoms with Crippen LogP contribution in [-0.2, 0) is 23.9 Å². The number of fused-ring (bicyclic) bond motifs is 1. The van der Waals surface area contributed by atoms with Crippen molar-refractivity contribution in [2.45, 2.75) is 64.1 Å². The van der Waals surface area contributed by atoms with Gasteiger partial charge in [-0.1, -0.05) is 6.92 Å². The van der Waals surface area contributed by atoms with Crippen LogP contribution in [0.15, 0.2) is 0 Å². The average molecular weight is 362 g/mol. The van der Waals surface area contributed by atoms with E-state index in [9.17, 15) is 19.5 Å². The number of Topliss-reactive ketones (excluding diaryl/α,β-unsaturated/α-hetero) is 1. The molecule has 1 aliphatic heterocycles. The first kappa shape index (κ1) is 16.7. The fourth-order valence-electron chi connectivity index (χ4n) is 7.90. The smallest absolute Gasteiger partial charge is 0.315 e. The van der Waals surface area contributed by atoms with Gasteiger partial charge in [0, 0.05) is 23.7 Å². The lowest BCUT2D eigenvalue weighted by Gasteiger charge is -2.45. The summed E-state index contributed by atoms with van der Waals surface area (Å²) in [5, 5.41) is 10.7. The van der Waals surface area contributed by atoms with Gasteiger partial charge in [-0.3, -0.25) is 14.4 Å². The second-order valence-corrected chi connectivity index (χ2v) is 9.82. The van der Waals surface area contributed by atoms with E-state index in [-0.39, 0.29) is 17.7 Å². The Morgan fingerprint density at radius 2 is 1.96 bits per heavy atom. The van der Waals surface area contributed by atoms with E-state index in [1.54, 1.807) is 6.92 Å². The van der Waals surface area contributed by atoms with E-state index < -0.39 is 45.8 Å². The largest absolute Gasteiger partial charge is 0.469 e. The Kier molecular flexibility index (Phi) is 2.90. The number of aliphatic hydroxyl groups is 1. The van der Waals surface area contributed by atoms with Crippen molar-refractivity contribution in [3.63, 3.8) is 0 Å². The van der Waals surface area contributed by atoms with Gasteiger partial charge < -0.3 is 14.6 Å². The Bertz CT molecular complexity index is 747. The number of aliphatic hydroxyl groups excluding tert-OH is 1. The standard InChI is InChI=1S/C20H26O6/c1-17-6-4-10-19(9-17,8-12(17)22)13(15(23)25-3)14-18(2)11(21)5-7-20(10,14)26-16(18)24/h10-11,13-14,21H,4-9H2,1-3H3/t10-,11-,13+,14+,17-,18+,19+,20+/m0/s1. The summed E-state index contributed by atoms with van der Waals surface area (Å²) in [6.45, 7) is 3.75. The summed E-state index contributed by atoms with van der Waals surface area (Å²) in [4.78, 5) is 38.7. The molecule has 5 fully saturated rings. The predicted molar refractivity (Wildman–Crippen MR) is 88.7 cm³/mol. The van der Waals surface area contributed by atoms with E-state index in [2.05, 4.69) is 0 Å². The van der Waals surface area contributed by atoms with Crippen LogP contribution in [0.5, 0.6) is 0 Å². The normalized spacial score (nSPS) is 56.8. The summed E-state index contributed by atoms with van der Waals surface area (Å²) in [6, 6.07) is 0. The number of hydrogen-bond donors (Lipinski definition) is 1. The van der Waals surface area contributed by atoms with E-state index in [1.165, 1.54) is 7.11 Å². The molecule has 0 aromatic carbocycles. The molecule has 5 aliphatic rings. The summed E-state index contributed by atoms with van der Waals surface area (Å²) in [5.41, 5.74) is -2.75. The highest BCUT2D eigenvalue weighted by molar-refractivity contribution is 5.91. The van der Waals surface area contributed by atoms with Crippen LogP contribution >= 0.6 is 0 Å². The first-order valence-electron chi connectivity index (χ1n) is 9.68. The molecule has 142 valence electrons. The molecule has 5 rings (SSSR count). The topological polar surface area (TPSA) is 89.9 Å². The highest BCUT2D eigenvalue weighted by atomic mass is 16.6. The third-order valence-corrected chi connectivity index (χ3v) is 8.95. The SMILES string of the molecule is COC(=O)[C@H]1[C@H]2[C@@]3(CC[C@H](O)[C@@]2(C)C(=O)O3)[C@H]2CC[C@@]3(C)C[C@@]12CC3=O. The summed E-state index contributed by atoms with van der Waals surface area (Å²) in [7, 11) is 1.37. The Morgan fingerprint density at radius 1 is 1.23 bits per heavy atom. The van der Waals surface area contributed by atoms with Gasteiger partial charge in [0.25, 0.3) is 0 Å². The quantitative estimate of drug-likeness (QED) is 0.713. The molecule has 4 bridgehead atoms. The lowest BCUT2D eigenvalue weighted by atomic mass is 9.59. The van der Waals surface area contributed by atoms with Crippen molar-refractivity contribution in [1.29, 1.82) is 0 Å². The van der Waals surface area contributed by atoms with E-state index >= 15 is 0 Å². The maximum absolute atomic E-state index is 13.0. The molecule has 0 amide bonds. The van der Waals surface area contributed by atoms with Gasteiger partial charge in [-0.25, -0.2) is 0 Å². The zero-order chi connectivity index (χ0) is 18.7. The van der Waals surface area contributed by atoms with E-state index in [1.807, 2.05) is 6.92 Å². The van der Waals surface area contributed by atoms with E-state index in [4.69, 9.17) is 9.47 Å². The van der Waals surface area contributed by atoms with Crippen molar-refractivity contribution < 1.29 is 29.0 Å². The van der Waals surface area contributed by atoms with Gasteiger partial charge >= 0.3 is 11.9 Å². The van der Waals surface area contributed by atoms with Gasteiger partial charge in [0.2, 0.25) is 0 Å². The van der Waals surface area contributed by atoms with Gasteiger partial charge in [0.05, 0.1) is 24.5 Å². The van der Waals surface area contributed by atoms with Crippen molar-refractivity contribution in [2.75, 3.05) is 7.11 Å². The first-order valence-corrected chi connectivity index (χ1v) is 9.68. The average Bonchev–Trinajstić information content (AvgIpc) is 3.02. The molecule has 6 heteroatoms. The second kappa shape index (κ2) is 4.51. The van der Waals surface area contributed by atoms with Crippen LogP contribution in [0.1, 0.15) is 52.4 Å². The number of carbonyl (C=O) groups is 3. The minimum Gasteiger partial charge on any atom is -0.469 e. The third kappa shape index (κ3) is 1.47. The van der Waals surface area contributed by atoms with Crippen LogP contribution in [0.2, 0.25) is 0 Å². The summed E-state index contributed by atoms with van der Waals surface area (Å²) in [6.07, 6.45) is 2.79. The Hall–Kier alpha value is -1.43. The fraction of sp³-hybridized carbons (Fsp3) is 0.850. The monoisotopic (exact) mass is 362 g/mol. The van der Waals surface area contributed by atoms with Crippen LogP contribution in [0, 0.1) is 34.0 Å². The van der Waals surface area contributed by atoms with Crippen LogP contribution in [0.25, 0.3) is 0 Å². The van der Waals surface area contributed by atoms with Gasteiger partial charge in [-0.15, -0.1) is 0 Å². The van der Waals surface area contributed by atoms with E-state index in [0.717, 1.165) is 12.8 Å². The Balaban J connectivity index is 1.75. The number of ketones is 1. The molecular formula is C20H26O6. The molecule has 0 aromatic heterocycles. The minimum atomic E-state index is -1.11. The molecule has 26 heavy (non-hydrogen) atoms. The molecule has 0 aromatic rings. The van der Waals surface area contributed by atoms with Gasteiger partial charge in [0.1, 0.15) is 11.4 Å². The number of methoxy groups -OCH3 is 1. The number of ether oxygens (including phenoxy) is 2. The number of hydrogen-bond acceptors (Lipinski definition) is 6. The maximum atomic E-state index is 13.0. The lowest BCUT2D eigenvalue weighted by Crippen LogP contribution is -2.53. The third-order valence-electron chi connectivity index (χ3n) is 8.95. The summed E-state index contributed by atoms with van der Waals surface area (Å²) in [5.74, 6) is -1.54. The van der Waals surface area contributed by atoms with Crippen LogP contribution in [0.4, 0.5) is 0 Å². The molecular weight excluding hydrogens is 336 g/mol. The molecule has 1 N–H and O–H groups in total. The van der Waals surface area contributed by atoms with Crippen molar-refractivity contribution in [1.82, 2.24) is 0 Å². The second-order valence-electron chi connectivity index (χ2n) is 9.82. The molecule has 0 radical (unpaired) electrons. The molecule has 6 nitrogen and oxygen atoms in total. The molecule has 1 heterocycles. The molecule has 1 saturated heterocycles. The van der Waals surface area contributed by atoms with Gasteiger partial charge in [-0.05, 0) is 44.4 Å². The van der Waals surface area contributed by atoms with Crippen molar-refractivity contribution in [3.05, 3.63) is 0 Å². The van der Waals surface area contributed by atoms with Crippen molar-refractivity contribution in [3.8, 4) is 0 Å². The maximum Gasteiger partial charge on any atom is 0.315 e. The number of carbonyl (C=O) groups excluding carboxylic acids is 3. The first-order chi connectivity index (χ1) is 12.2. The van der Waals surface area contributed by atoms with Gasteiger partial charge in [0.15, 0.2) is 0 Å². The number of esters is 2. The zero-order valence-electron chi connectivity index (χ0n) is 15.5. The van der Waals surface area contributed by atoms with Gasteiger partial charge in [-0.2, -0.15) is 0 Å².